The number of ether oxygens (including phenoxy) is 4. The Kier molecular flexibility index (Phi) is 6.79. The number of halogens is 3. The molecule has 3 aromatic rings. The molecule has 0 N–H and O–H groups in total. The Morgan fingerprint density at radius 1 is 1.11 bits per heavy atom. The van der Waals surface area contributed by atoms with E-state index in [0.29, 0.717) is 29.7 Å². The minimum atomic E-state index is -4.75. The number of aromatic nitrogens is 1. The summed E-state index contributed by atoms with van der Waals surface area (Å²) in [4.78, 5) is 14.2. The molecule has 1 amide bonds. The van der Waals surface area contributed by atoms with Crippen molar-refractivity contribution in [3.8, 4) is 22.8 Å². The number of hydrogen-bond donors (Lipinski definition) is 0. The lowest BCUT2D eigenvalue weighted by Gasteiger charge is -2.36. The van der Waals surface area contributed by atoms with Crippen molar-refractivity contribution in [3.63, 3.8) is 0 Å². The molecular weight excluding hydrogens is 469 g/mol. The van der Waals surface area contributed by atoms with Crippen LogP contribution in [0.4, 0.5) is 18.0 Å². The fourth-order valence-electron chi connectivity index (χ4n) is 3.58. The first kappa shape index (κ1) is 24.6. The van der Waals surface area contributed by atoms with E-state index in [9.17, 15) is 18.0 Å². The Morgan fingerprint density at radius 3 is 2.51 bits per heavy atom. The summed E-state index contributed by atoms with van der Waals surface area (Å²) < 4.78 is 63.4. The lowest BCUT2D eigenvalue weighted by atomic mass is 10.0. The molecule has 1 aromatic heterocycles. The van der Waals surface area contributed by atoms with Gasteiger partial charge >= 0.3 is 12.5 Å². The largest absolute Gasteiger partial charge is 0.573 e. The summed E-state index contributed by atoms with van der Waals surface area (Å²) in [5.74, 6) is -0.0749. The molecule has 1 aliphatic rings. The molecule has 1 saturated heterocycles. The third-order valence-electron chi connectivity index (χ3n) is 5.13. The Bertz CT molecular complexity index is 1170. The van der Waals surface area contributed by atoms with Gasteiger partial charge in [-0.1, -0.05) is 18.2 Å². The second-order valence-corrected chi connectivity index (χ2v) is 8.98. The van der Waals surface area contributed by atoms with Crippen molar-refractivity contribution in [1.82, 2.24) is 10.1 Å². The van der Waals surface area contributed by atoms with Gasteiger partial charge in [-0.15, -0.1) is 13.2 Å². The summed E-state index contributed by atoms with van der Waals surface area (Å²) in [6.45, 7) is 6.56. The van der Waals surface area contributed by atoms with Crippen LogP contribution < -0.4 is 9.47 Å². The van der Waals surface area contributed by atoms with Crippen molar-refractivity contribution in [2.75, 3.05) is 26.4 Å². The fourth-order valence-corrected chi connectivity index (χ4v) is 3.58. The highest BCUT2D eigenvalue weighted by Gasteiger charge is 2.32. The summed E-state index contributed by atoms with van der Waals surface area (Å²) in [5.41, 5.74) is 1.24. The number of alkyl halides is 3. The monoisotopic (exact) mass is 494 g/mol. The number of carbonyl (C=O) groups excluding carboxylic acids is 1. The standard InChI is InChI=1S/C24H25F3N2O6/c1-23(2,3)34-22(30)29-10-11-31-13-17(29)14-32-21-19-12-16(6-9-20(19)35-28-21)15-4-7-18(8-5-15)33-24(25,26)27/h4-9,12,17H,10-11,13-14H2,1-3H3. The molecule has 35 heavy (non-hydrogen) atoms. The molecular formula is C24H25F3N2O6. The average Bonchev–Trinajstić information content (AvgIpc) is 3.18. The van der Waals surface area contributed by atoms with Crippen molar-refractivity contribution in [2.45, 2.75) is 38.8 Å². The second-order valence-electron chi connectivity index (χ2n) is 8.98. The summed E-state index contributed by atoms with van der Waals surface area (Å²) in [6.07, 6.45) is -5.20. The maximum atomic E-state index is 12.6. The van der Waals surface area contributed by atoms with Crippen LogP contribution in [0.25, 0.3) is 22.1 Å². The number of hydrogen-bond acceptors (Lipinski definition) is 7. The van der Waals surface area contributed by atoms with Gasteiger partial charge in [-0.3, -0.25) is 4.90 Å². The molecule has 188 valence electrons. The zero-order valence-electron chi connectivity index (χ0n) is 19.4. The molecule has 4 rings (SSSR count). The second kappa shape index (κ2) is 9.65. The van der Waals surface area contributed by atoms with Crippen molar-refractivity contribution in [1.29, 1.82) is 0 Å². The minimum Gasteiger partial charge on any atom is -0.473 e. The molecule has 2 aromatic carbocycles. The molecule has 1 aliphatic heterocycles. The van der Waals surface area contributed by atoms with Crippen LogP contribution in [0.1, 0.15) is 20.8 Å². The maximum Gasteiger partial charge on any atom is 0.573 e. The number of morpholine rings is 1. The predicted molar refractivity (Wildman–Crippen MR) is 119 cm³/mol. The SMILES string of the molecule is CC(C)(C)OC(=O)N1CCOCC1COc1noc2ccc(-c3ccc(OC(F)(F)F)cc3)cc12. The van der Waals surface area contributed by atoms with Gasteiger partial charge in [0.05, 0.1) is 24.6 Å². The van der Waals surface area contributed by atoms with Crippen LogP contribution in [0.2, 0.25) is 0 Å². The van der Waals surface area contributed by atoms with E-state index in [-0.39, 0.29) is 30.9 Å². The first-order chi connectivity index (χ1) is 16.5. The molecule has 0 spiro atoms. The normalized spacial score (nSPS) is 16.9. The van der Waals surface area contributed by atoms with E-state index in [2.05, 4.69) is 9.89 Å². The van der Waals surface area contributed by atoms with Crippen molar-refractivity contribution in [3.05, 3.63) is 42.5 Å². The van der Waals surface area contributed by atoms with Gasteiger partial charge in [0, 0.05) is 6.54 Å². The zero-order valence-corrected chi connectivity index (χ0v) is 19.4. The number of carbonyl (C=O) groups is 1. The molecule has 8 nitrogen and oxygen atoms in total. The number of fused-ring (bicyclic) bond motifs is 1. The smallest absolute Gasteiger partial charge is 0.473 e. The molecule has 1 fully saturated rings. The van der Waals surface area contributed by atoms with E-state index < -0.39 is 18.1 Å². The van der Waals surface area contributed by atoms with Gasteiger partial charge < -0.3 is 23.5 Å². The van der Waals surface area contributed by atoms with Crippen LogP contribution in [0, 0.1) is 0 Å². The quantitative estimate of drug-likeness (QED) is 0.469. The lowest BCUT2D eigenvalue weighted by Crippen LogP contribution is -2.52. The Balaban J connectivity index is 1.48. The summed E-state index contributed by atoms with van der Waals surface area (Å²) in [6, 6.07) is 10.4. The first-order valence-electron chi connectivity index (χ1n) is 10.9. The number of nitrogens with zero attached hydrogens (tertiary/aromatic N) is 2. The third kappa shape index (κ3) is 6.36. The van der Waals surface area contributed by atoms with E-state index in [1.807, 2.05) is 0 Å². The molecule has 0 saturated carbocycles. The molecule has 0 bridgehead atoms. The van der Waals surface area contributed by atoms with Crippen LogP contribution in [0.3, 0.4) is 0 Å². The predicted octanol–water partition coefficient (Wildman–Crippen LogP) is 5.41. The van der Waals surface area contributed by atoms with Gasteiger partial charge in [0.25, 0.3) is 5.88 Å². The van der Waals surface area contributed by atoms with Crippen molar-refractivity contribution in [2.24, 2.45) is 0 Å². The average molecular weight is 494 g/mol. The van der Waals surface area contributed by atoms with Gasteiger partial charge in [0.1, 0.15) is 18.0 Å². The van der Waals surface area contributed by atoms with Crippen LogP contribution in [-0.4, -0.2) is 60.5 Å². The van der Waals surface area contributed by atoms with E-state index in [1.165, 1.54) is 24.3 Å². The van der Waals surface area contributed by atoms with E-state index in [1.54, 1.807) is 43.9 Å². The Hall–Kier alpha value is -3.47. The molecule has 0 aliphatic carbocycles. The van der Waals surface area contributed by atoms with Crippen LogP contribution in [0.5, 0.6) is 11.6 Å². The zero-order chi connectivity index (χ0) is 25.2. The van der Waals surface area contributed by atoms with E-state index in [0.717, 1.165) is 5.56 Å². The number of benzene rings is 2. The van der Waals surface area contributed by atoms with Gasteiger partial charge in [-0.2, -0.15) is 0 Å². The van der Waals surface area contributed by atoms with Gasteiger partial charge in [-0.05, 0) is 61.3 Å². The lowest BCUT2D eigenvalue weighted by molar-refractivity contribution is -0.274. The number of amides is 1. The molecule has 11 heteroatoms. The van der Waals surface area contributed by atoms with Crippen molar-refractivity contribution >= 4 is 17.1 Å². The minimum absolute atomic E-state index is 0.106. The van der Waals surface area contributed by atoms with Crippen LogP contribution >= 0.6 is 0 Å². The van der Waals surface area contributed by atoms with E-state index in [4.69, 9.17) is 18.7 Å². The third-order valence-corrected chi connectivity index (χ3v) is 5.13. The van der Waals surface area contributed by atoms with Gasteiger partial charge in [0.2, 0.25) is 0 Å². The van der Waals surface area contributed by atoms with Gasteiger partial charge in [-0.25, -0.2) is 4.79 Å². The van der Waals surface area contributed by atoms with Gasteiger partial charge in [0.15, 0.2) is 5.58 Å². The highest BCUT2D eigenvalue weighted by atomic mass is 19.4. The van der Waals surface area contributed by atoms with Crippen LogP contribution in [-0.2, 0) is 9.47 Å². The molecule has 0 radical (unpaired) electrons. The van der Waals surface area contributed by atoms with Crippen molar-refractivity contribution < 1.29 is 41.4 Å². The Morgan fingerprint density at radius 2 is 1.83 bits per heavy atom. The topological polar surface area (TPSA) is 83.3 Å². The number of rotatable bonds is 5. The maximum absolute atomic E-state index is 12.6. The summed E-state index contributed by atoms with van der Waals surface area (Å²) in [7, 11) is 0. The highest BCUT2D eigenvalue weighted by molar-refractivity contribution is 5.87. The molecule has 2 heterocycles. The fraction of sp³-hybridized carbons (Fsp3) is 0.417. The molecule has 1 unspecified atom stereocenters. The summed E-state index contributed by atoms with van der Waals surface area (Å²) >= 11 is 0. The van der Waals surface area contributed by atoms with Crippen LogP contribution in [0.15, 0.2) is 47.0 Å². The highest BCUT2D eigenvalue weighted by Crippen LogP contribution is 2.32. The molecule has 1 atom stereocenters. The Labute approximate surface area is 199 Å². The van der Waals surface area contributed by atoms with E-state index >= 15 is 0 Å². The first-order valence-corrected chi connectivity index (χ1v) is 10.9. The summed E-state index contributed by atoms with van der Waals surface area (Å²) in [5, 5.41) is 4.56.